The standard InChI is InChI=1S/C20H24F2N2O2S/c21-20(22)26-18-6-2-1-4-16(18)14-24-11-8-15(9-12-24)19(25)23-10-7-17-5-3-13-27-17/h1-6,13,15,20H,7-12,14H2,(H,23,25). The topological polar surface area (TPSA) is 41.6 Å². The molecule has 0 aliphatic carbocycles. The lowest BCUT2D eigenvalue weighted by molar-refractivity contribution is -0.126. The summed E-state index contributed by atoms with van der Waals surface area (Å²) in [5.41, 5.74) is 0.747. The van der Waals surface area contributed by atoms with Crippen LogP contribution < -0.4 is 10.1 Å². The molecule has 1 aliphatic heterocycles. The molecule has 3 rings (SSSR count). The number of halogens is 2. The van der Waals surface area contributed by atoms with Crippen LogP contribution in [0.1, 0.15) is 23.3 Å². The number of para-hydroxylation sites is 1. The van der Waals surface area contributed by atoms with Crippen molar-refractivity contribution in [2.24, 2.45) is 5.92 Å². The van der Waals surface area contributed by atoms with Crippen molar-refractivity contribution in [1.29, 1.82) is 0 Å². The van der Waals surface area contributed by atoms with Crippen LogP contribution in [0.15, 0.2) is 41.8 Å². The summed E-state index contributed by atoms with van der Waals surface area (Å²) in [6.45, 7) is -0.0688. The molecule has 0 radical (unpaired) electrons. The Labute approximate surface area is 162 Å². The van der Waals surface area contributed by atoms with Crippen molar-refractivity contribution in [1.82, 2.24) is 10.2 Å². The monoisotopic (exact) mass is 394 g/mol. The summed E-state index contributed by atoms with van der Waals surface area (Å²) in [6, 6.07) is 11.0. The average molecular weight is 394 g/mol. The van der Waals surface area contributed by atoms with E-state index in [1.54, 1.807) is 29.5 Å². The molecule has 7 heteroatoms. The molecule has 146 valence electrons. The van der Waals surface area contributed by atoms with Gasteiger partial charge in [-0.05, 0) is 49.9 Å². The Morgan fingerprint density at radius 2 is 2.00 bits per heavy atom. The Kier molecular flexibility index (Phi) is 7.18. The summed E-state index contributed by atoms with van der Waals surface area (Å²) in [5.74, 6) is 0.366. The van der Waals surface area contributed by atoms with Crippen LogP contribution in [0, 0.1) is 5.92 Å². The Morgan fingerprint density at radius 3 is 2.70 bits per heavy atom. The van der Waals surface area contributed by atoms with Crippen molar-refractivity contribution < 1.29 is 18.3 Å². The van der Waals surface area contributed by atoms with Gasteiger partial charge < -0.3 is 10.1 Å². The van der Waals surface area contributed by atoms with Crippen LogP contribution in [0.25, 0.3) is 0 Å². The summed E-state index contributed by atoms with van der Waals surface area (Å²) < 4.78 is 29.7. The zero-order valence-corrected chi connectivity index (χ0v) is 15.9. The maximum absolute atomic E-state index is 12.5. The van der Waals surface area contributed by atoms with E-state index in [9.17, 15) is 13.6 Å². The first-order valence-corrected chi connectivity index (χ1v) is 10.0. The third-order valence-corrected chi connectivity index (χ3v) is 5.73. The van der Waals surface area contributed by atoms with Crippen LogP contribution >= 0.6 is 11.3 Å². The van der Waals surface area contributed by atoms with Gasteiger partial charge in [-0.1, -0.05) is 24.3 Å². The highest BCUT2D eigenvalue weighted by atomic mass is 32.1. The molecular weight excluding hydrogens is 370 g/mol. The second kappa shape index (κ2) is 9.80. The van der Waals surface area contributed by atoms with Crippen LogP contribution in [-0.2, 0) is 17.8 Å². The van der Waals surface area contributed by atoms with Crippen LogP contribution in [0.4, 0.5) is 8.78 Å². The lowest BCUT2D eigenvalue weighted by atomic mass is 9.95. The molecule has 1 amide bonds. The molecule has 4 nitrogen and oxygen atoms in total. The largest absolute Gasteiger partial charge is 0.434 e. The number of carbonyl (C=O) groups excluding carboxylic acids is 1. The van der Waals surface area contributed by atoms with Gasteiger partial charge in [0.15, 0.2) is 0 Å². The minimum atomic E-state index is -2.82. The van der Waals surface area contributed by atoms with E-state index in [-0.39, 0.29) is 17.6 Å². The number of ether oxygens (including phenoxy) is 1. The third-order valence-electron chi connectivity index (χ3n) is 4.79. The van der Waals surface area contributed by atoms with Gasteiger partial charge in [0.1, 0.15) is 5.75 Å². The van der Waals surface area contributed by atoms with E-state index in [0.29, 0.717) is 13.1 Å². The lowest BCUT2D eigenvalue weighted by Gasteiger charge is -2.31. The number of rotatable bonds is 8. The normalized spacial score (nSPS) is 15.8. The minimum absolute atomic E-state index is 0.0251. The maximum Gasteiger partial charge on any atom is 0.387 e. The average Bonchev–Trinajstić information content (AvgIpc) is 3.17. The highest BCUT2D eigenvalue weighted by Crippen LogP contribution is 2.25. The van der Waals surface area contributed by atoms with Crippen molar-refractivity contribution in [3.05, 3.63) is 52.2 Å². The molecule has 1 aromatic carbocycles. The number of carbonyl (C=O) groups is 1. The van der Waals surface area contributed by atoms with Crippen LogP contribution in [-0.4, -0.2) is 37.1 Å². The predicted molar refractivity (Wildman–Crippen MR) is 102 cm³/mol. The Morgan fingerprint density at radius 1 is 1.22 bits per heavy atom. The smallest absolute Gasteiger partial charge is 0.387 e. The van der Waals surface area contributed by atoms with Gasteiger partial charge in [-0.25, -0.2) is 0 Å². The van der Waals surface area contributed by atoms with E-state index < -0.39 is 6.61 Å². The zero-order valence-electron chi connectivity index (χ0n) is 15.1. The Bertz CT molecular complexity index is 717. The first kappa shape index (κ1) is 19.8. The fraction of sp³-hybridized carbons (Fsp3) is 0.450. The lowest BCUT2D eigenvalue weighted by Crippen LogP contribution is -2.40. The van der Waals surface area contributed by atoms with E-state index in [2.05, 4.69) is 21.0 Å². The minimum Gasteiger partial charge on any atom is -0.434 e. The summed E-state index contributed by atoms with van der Waals surface area (Å²) in [4.78, 5) is 15.8. The predicted octanol–water partition coefficient (Wildman–Crippen LogP) is 3.92. The molecule has 0 bridgehead atoms. The SMILES string of the molecule is O=C(NCCc1cccs1)C1CCN(Cc2ccccc2OC(F)F)CC1. The van der Waals surface area contributed by atoms with E-state index in [0.717, 1.165) is 37.9 Å². The van der Waals surface area contributed by atoms with Gasteiger partial charge in [-0.2, -0.15) is 8.78 Å². The van der Waals surface area contributed by atoms with Crippen molar-refractivity contribution in [2.75, 3.05) is 19.6 Å². The van der Waals surface area contributed by atoms with E-state index >= 15 is 0 Å². The third kappa shape index (κ3) is 6.01. The summed E-state index contributed by atoms with van der Waals surface area (Å²) in [7, 11) is 0. The van der Waals surface area contributed by atoms with Crippen LogP contribution in [0.5, 0.6) is 5.75 Å². The number of hydrogen-bond donors (Lipinski definition) is 1. The number of piperidine rings is 1. The molecule has 0 spiro atoms. The molecule has 2 heterocycles. The number of benzene rings is 1. The summed E-state index contributed by atoms with van der Waals surface area (Å²) in [6.07, 6.45) is 2.43. The fourth-order valence-corrected chi connectivity index (χ4v) is 4.06. The highest BCUT2D eigenvalue weighted by Gasteiger charge is 2.25. The zero-order chi connectivity index (χ0) is 19.1. The van der Waals surface area contributed by atoms with Crippen LogP contribution in [0.3, 0.4) is 0 Å². The van der Waals surface area contributed by atoms with Gasteiger partial charge in [0, 0.05) is 29.4 Å². The molecule has 1 aliphatic rings. The molecule has 0 unspecified atom stereocenters. The number of nitrogens with one attached hydrogen (secondary N) is 1. The quantitative estimate of drug-likeness (QED) is 0.738. The van der Waals surface area contributed by atoms with Gasteiger partial charge in [0.2, 0.25) is 5.91 Å². The molecule has 1 aromatic heterocycles. The van der Waals surface area contributed by atoms with Gasteiger partial charge >= 0.3 is 6.61 Å². The van der Waals surface area contributed by atoms with Crippen molar-refractivity contribution in [3.63, 3.8) is 0 Å². The molecule has 1 fully saturated rings. The fourth-order valence-electron chi connectivity index (χ4n) is 3.35. The first-order chi connectivity index (χ1) is 13.1. The number of thiophene rings is 1. The second-order valence-electron chi connectivity index (χ2n) is 6.66. The van der Waals surface area contributed by atoms with Gasteiger partial charge in [0.25, 0.3) is 0 Å². The molecule has 0 saturated carbocycles. The number of amides is 1. The molecular formula is C20H24F2N2O2S. The molecule has 27 heavy (non-hydrogen) atoms. The van der Waals surface area contributed by atoms with E-state index in [4.69, 9.17) is 0 Å². The summed E-state index contributed by atoms with van der Waals surface area (Å²) in [5, 5.41) is 5.07. The number of nitrogens with zero attached hydrogens (tertiary/aromatic N) is 1. The second-order valence-corrected chi connectivity index (χ2v) is 7.69. The molecule has 1 saturated heterocycles. The highest BCUT2D eigenvalue weighted by molar-refractivity contribution is 7.09. The van der Waals surface area contributed by atoms with Crippen molar-refractivity contribution in [3.8, 4) is 5.75 Å². The maximum atomic E-state index is 12.5. The molecule has 0 atom stereocenters. The Hall–Kier alpha value is -1.99. The van der Waals surface area contributed by atoms with Crippen LogP contribution in [0.2, 0.25) is 0 Å². The number of hydrogen-bond acceptors (Lipinski definition) is 4. The summed E-state index contributed by atoms with van der Waals surface area (Å²) >= 11 is 1.70. The van der Waals surface area contributed by atoms with Gasteiger partial charge in [0.05, 0.1) is 0 Å². The van der Waals surface area contributed by atoms with Crippen molar-refractivity contribution in [2.45, 2.75) is 32.4 Å². The van der Waals surface area contributed by atoms with E-state index in [1.807, 2.05) is 17.5 Å². The van der Waals surface area contributed by atoms with Gasteiger partial charge in [-0.3, -0.25) is 9.69 Å². The van der Waals surface area contributed by atoms with Gasteiger partial charge in [-0.15, -0.1) is 11.3 Å². The number of alkyl halides is 2. The van der Waals surface area contributed by atoms with E-state index in [1.165, 1.54) is 4.88 Å². The van der Waals surface area contributed by atoms with Crippen molar-refractivity contribution >= 4 is 17.2 Å². The molecule has 1 N–H and O–H groups in total. The first-order valence-electron chi connectivity index (χ1n) is 9.17. The number of likely N-dealkylation sites (tertiary alicyclic amines) is 1. The Balaban J connectivity index is 1.43. The molecule has 2 aromatic rings.